The fourth-order valence-corrected chi connectivity index (χ4v) is 2.41. The molecule has 0 aliphatic carbocycles. The van der Waals surface area contributed by atoms with Gasteiger partial charge in [-0.05, 0) is 38.9 Å². The number of rotatable bonds is 5. The second-order valence-electron chi connectivity index (χ2n) is 4.74. The van der Waals surface area contributed by atoms with Crippen LogP contribution in [0.15, 0.2) is 22.8 Å². The summed E-state index contributed by atoms with van der Waals surface area (Å²) in [6.45, 7) is 4.74. The molecule has 0 bridgehead atoms. The molecule has 2 unspecified atom stereocenters. The number of likely N-dealkylation sites (tertiary alicyclic amines) is 1. The van der Waals surface area contributed by atoms with Crippen molar-refractivity contribution in [3.05, 3.63) is 24.2 Å². The first-order chi connectivity index (χ1) is 7.79. The highest BCUT2D eigenvalue weighted by Crippen LogP contribution is 2.16. The molecule has 1 saturated heterocycles. The summed E-state index contributed by atoms with van der Waals surface area (Å²) in [5, 5.41) is 3.36. The maximum atomic E-state index is 5.36. The molecule has 1 aromatic rings. The molecule has 2 atom stereocenters. The van der Waals surface area contributed by atoms with Crippen molar-refractivity contribution in [3.8, 4) is 0 Å². The van der Waals surface area contributed by atoms with Gasteiger partial charge in [-0.3, -0.25) is 4.90 Å². The maximum Gasteiger partial charge on any atom is 0.103 e. The van der Waals surface area contributed by atoms with Crippen LogP contribution in [-0.2, 0) is 6.42 Å². The van der Waals surface area contributed by atoms with Crippen LogP contribution >= 0.6 is 0 Å². The molecule has 0 amide bonds. The molecule has 0 saturated carbocycles. The van der Waals surface area contributed by atoms with Gasteiger partial charge in [0.15, 0.2) is 0 Å². The summed E-state index contributed by atoms with van der Waals surface area (Å²) < 4.78 is 5.36. The fourth-order valence-electron chi connectivity index (χ4n) is 2.41. The van der Waals surface area contributed by atoms with E-state index in [0.717, 1.165) is 12.2 Å². The van der Waals surface area contributed by atoms with Crippen LogP contribution in [0.2, 0.25) is 0 Å². The van der Waals surface area contributed by atoms with Gasteiger partial charge < -0.3 is 9.73 Å². The average Bonchev–Trinajstić information content (AvgIpc) is 2.96. The lowest BCUT2D eigenvalue weighted by Crippen LogP contribution is -2.35. The van der Waals surface area contributed by atoms with E-state index in [0.29, 0.717) is 12.1 Å². The molecule has 0 radical (unpaired) electrons. The average molecular weight is 222 g/mol. The monoisotopic (exact) mass is 222 g/mol. The number of likely N-dealkylation sites (N-methyl/N-ethyl adjacent to an activating group) is 1. The van der Waals surface area contributed by atoms with Gasteiger partial charge in [-0.1, -0.05) is 0 Å². The first-order valence-corrected chi connectivity index (χ1v) is 6.23. The van der Waals surface area contributed by atoms with Crippen molar-refractivity contribution in [1.82, 2.24) is 10.2 Å². The molecule has 0 aromatic carbocycles. The van der Waals surface area contributed by atoms with Crippen LogP contribution in [0.1, 0.15) is 25.5 Å². The van der Waals surface area contributed by atoms with Crippen molar-refractivity contribution in [2.24, 2.45) is 0 Å². The molecule has 1 aliphatic rings. The molecule has 90 valence electrons. The zero-order valence-electron chi connectivity index (χ0n) is 10.3. The van der Waals surface area contributed by atoms with Crippen LogP contribution in [0.5, 0.6) is 0 Å². The van der Waals surface area contributed by atoms with Crippen molar-refractivity contribution in [2.45, 2.75) is 38.3 Å². The summed E-state index contributed by atoms with van der Waals surface area (Å²) in [7, 11) is 2.06. The molecule has 2 heterocycles. The SMILES string of the molecule is CNC1CCN(C(C)CCc2ccco2)C1. The summed E-state index contributed by atoms with van der Waals surface area (Å²) in [6, 6.07) is 5.37. The largest absolute Gasteiger partial charge is 0.469 e. The highest BCUT2D eigenvalue weighted by molar-refractivity contribution is 4.98. The standard InChI is InChI=1S/C13H22N2O/c1-11(5-6-13-4-3-9-16-13)15-8-7-12(10-15)14-2/h3-4,9,11-12,14H,5-8,10H2,1-2H3. The first-order valence-electron chi connectivity index (χ1n) is 6.23. The highest BCUT2D eigenvalue weighted by atomic mass is 16.3. The molecule has 1 aromatic heterocycles. The van der Waals surface area contributed by atoms with E-state index >= 15 is 0 Å². The van der Waals surface area contributed by atoms with Crippen molar-refractivity contribution < 1.29 is 4.42 Å². The van der Waals surface area contributed by atoms with E-state index in [4.69, 9.17) is 4.42 Å². The van der Waals surface area contributed by atoms with Crippen LogP contribution in [0, 0.1) is 0 Å². The van der Waals surface area contributed by atoms with Crippen molar-refractivity contribution in [2.75, 3.05) is 20.1 Å². The molecule has 2 rings (SSSR count). The van der Waals surface area contributed by atoms with Crippen LogP contribution in [-0.4, -0.2) is 37.1 Å². The molecule has 1 aliphatic heterocycles. The summed E-state index contributed by atoms with van der Waals surface area (Å²) >= 11 is 0. The number of hydrogen-bond acceptors (Lipinski definition) is 3. The molecule has 16 heavy (non-hydrogen) atoms. The Morgan fingerprint density at radius 2 is 2.50 bits per heavy atom. The summed E-state index contributed by atoms with van der Waals surface area (Å²) in [4.78, 5) is 2.57. The second-order valence-corrected chi connectivity index (χ2v) is 4.74. The Morgan fingerprint density at radius 1 is 1.62 bits per heavy atom. The number of nitrogens with zero attached hydrogens (tertiary/aromatic N) is 1. The Kier molecular flexibility index (Phi) is 4.02. The van der Waals surface area contributed by atoms with E-state index in [-0.39, 0.29) is 0 Å². The summed E-state index contributed by atoms with van der Waals surface area (Å²) in [5.74, 6) is 1.11. The van der Waals surface area contributed by atoms with Crippen LogP contribution in [0.4, 0.5) is 0 Å². The van der Waals surface area contributed by atoms with Gasteiger partial charge in [0.2, 0.25) is 0 Å². The number of furan rings is 1. The Labute approximate surface area is 97.8 Å². The zero-order valence-corrected chi connectivity index (χ0v) is 10.3. The van der Waals surface area contributed by atoms with Crippen molar-refractivity contribution >= 4 is 0 Å². The third kappa shape index (κ3) is 2.86. The third-order valence-electron chi connectivity index (χ3n) is 3.64. The van der Waals surface area contributed by atoms with Crippen LogP contribution in [0.3, 0.4) is 0 Å². The van der Waals surface area contributed by atoms with Gasteiger partial charge in [-0.25, -0.2) is 0 Å². The molecule has 3 heteroatoms. The first kappa shape index (κ1) is 11.7. The number of aryl methyl sites for hydroxylation is 1. The summed E-state index contributed by atoms with van der Waals surface area (Å²) in [6.07, 6.45) is 5.27. The number of hydrogen-bond donors (Lipinski definition) is 1. The van der Waals surface area contributed by atoms with E-state index in [2.05, 4.69) is 30.3 Å². The van der Waals surface area contributed by atoms with E-state index in [1.54, 1.807) is 6.26 Å². The van der Waals surface area contributed by atoms with Crippen LogP contribution < -0.4 is 5.32 Å². The Morgan fingerprint density at radius 3 is 3.12 bits per heavy atom. The molecule has 1 fully saturated rings. The lowest BCUT2D eigenvalue weighted by molar-refractivity contribution is 0.239. The van der Waals surface area contributed by atoms with Gasteiger partial charge in [0.25, 0.3) is 0 Å². The predicted octanol–water partition coefficient (Wildman–Crippen LogP) is 1.89. The molecular weight excluding hydrogens is 200 g/mol. The minimum Gasteiger partial charge on any atom is -0.469 e. The fraction of sp³-hybridized carbons (Fsp3) is 0.692. The van der Waals surface area contributed by atoms with Gasteiger partial charge in [0.05, 0.1) is 6.26 Å². The van der Waals surface area contributed by atoms with Gasteiger partial charge in [-0.15, -0.1) is 0 Å². The summed E-state index contributed by atoms with van der Waals surface area (Å²) in [5.41, 5.74) is 0. The lowest BCUT2D eigenvalue weighted by atomic mass is 10.1. The maximum absolute atomic E-state index is 5.36. The van der Waals surface area contributed by atoms with E-state index in [1.807, 2.05) is 6.07 Å². The molecule has 0 spiro atoms. The van der Waals surface area contributed by atoms with Gasteiger partial charge in [-0.2, -0.15) is 0 Å². The quantitative estimate of drug-likeness (QED) is 0.824. The number of nitrogens with one attached hydrogen (secondary N) is 1. The zero-order chi connectivity index (χ0) is 11.4. The van der Waals surface area contributed by atoms with Gasteiger partial charge in [0, 0.05) is 31.6 Å². The minimum atomic E-state index is 0.656. The van der Waals surface area contributed by atoms with Crippen molar-refractivity contribution in [3.63, 3.8) is 0 Å². The van der Waals surface area contributed by atoms with Gasteiger partial charge in [0.1, 0.15) is 5.76 Å². The normalized spacial score (nSPS) is 23.8. The lowest BCUT2D eigenvalue weighted by Gasteiger charge is -2.23. The molecule has 3 nitrogen and oxygen atoms in total. The van der Waals surface area contributed by atoms with E-state index < -0.39 is 0 Å². The Bertz CT molecular complexity index is 297. The van der Waals surface area contributed by atoms with E-state index in [9.17, 15) is 0 Å². The Balaban J connectivity index is 1.74. The smallest absolute Gasteiger partial charge is 0.103 e. The van der Waals surface area contributed by atoms with Crippen molar-refractivity contribution in [1.29, 1.82) is 0 Å². The minimum absolute atomic E-state index is 0.656. The Hall–Kier alpha value is -0.800. The molecule has 1 N–H and O–H groups in total. The van der Waals surface area contributed by atoms with Crippen LogP contribution in [0.25, 0.3) is 0 Å². The highest BCUT2D eigenvalue weighted by Gasteiger charge is 2.24. The van der Waals surface area contributed by atoms with Gasteiger partial charge >= 0.3 is 0 Å². The predicted molar refractivity (Wildman–Crippen MR) is 65.5 cm³/mol. The third-order valence-corrected chi connectivity index (χ3v) is 3.64. The topological polar surface area (TPSA) is 28.4 Å². The van der Waals surface area contributed by atoms with E-state index in [1.165, 1.54) is 25.9 Å². The molecular formula is C13H22N2O. The second kappa shape index (κ2) is 5.51.